The summed E-state index contributed by atoms with van der Waals surface area (Å²) in [6.45, 7) is 2.18. The van der Waals surface area contributed by atoms with E-state index in [1.54, 1.807) is 6.07 Å². The van der Waals surface area contributed by atoms with Crippen molar-refractivity contribution in [2.45, 2.75) is 6.42 Å². The second kappa shape index (κ2) is 8.46. The molecule has 1 aliphatic carbocycles. The summed E-state index contributed by atoms with van der Waals surface area (Å²) in [4.78, 5) is 26.0. The number of anilines is 1. The minimum absolute atomic E-state index is 0.219. The van der Waals surface area contributed by atoms with Crippen LogP contribution in [0.15, 0.2) is 65.9 Å². The van der Waals surface area contributed by atoms with Gasteiger partial charge in [-0.2, -0.15) is 0 Å². The molecule has 0 saturated heterocycles. The van der Waals surface area contributed by atoms with Crippen LogP contribution in [0.3, 0.4) is 0 Å². The third-order valence-electron chi connectivity index (χ3n) is 4.92. The molecule has 1 aromatic heterocycles. The highest BCUT2D eigenvalue weighted by atomic mass is 32.1. The Morgan fingerprint density at radius 3 is 2.80 bits per heavy atom. The van der Waals surface area contributed by atoms with Gasteiger partial charge in [0.2, 0.25) is 0 Å². The molecule has 1 aliphatic heterocycles. The maximum atomic E-state index is 11.7. The maximum Gasteiger partial charge on any atom is 0.317 e. The van der Waals surface area contributed by atoms with E-state index >= 15 is 0 Å². The number of carbonyl (C=O) groups excluding carboxylic acids is 2. The summed E-state index contributed by atoms with van der Waals surface area (Å²) in [5.41, 5.74) is 14.4. The summed E-state index contributed by atoms with van der Waals surface area (Å²) in [6.07, 6.45) is 9.61. The Labute approximate surface area is 178 Å². The first-order chi connectivity index (χ1) is 14.5. The summed E-state index contributed by atoms with van der Waals surface area (Å²) < 4.78 is 6.07. The van der Waals surface area contributed by atoms with Gasteiger partial charge in [0.1, 0.15) is 17.4 Å². The van der Waals surface area contributed by atoms with Gasteiger partial charge in [0.15, 0.2) is 0 Å². The number of urea groups is 1. The summed E-state index contributed by atoms with van der Waals surface area (Å²) in [7, 11) is 0. The van der Waals surface area contributed by atoms with Crippen LogP contribution in [0, 0.1) is 0 Å². The van der Waals surface area contributed by atoms with Crippen LogP contribution < -0.4 is 21.5 Å². The lowest BCUT2D eigenvalue weighted by atomic mass is 10.0. The lowest BCUT2D eigenvalue weighted by Gasteiger charge is -2.17. The van der Waals surface area contributed by atoms with E-state index in [9.17, 15) is 9.59 Å². The Hall–Kier alpha value is -3.52. The molecule has 3 amide bonds. The number of thiophene rings is 1. The third kappa shape index (κ3) is 4.23. The maximum absolute atomic E-state index is 11.7. The first kappa shape index (κ1) is 19.8. The molecule has 8 heteroatoms. The van der Waals surface area contributed by atoms with Gasteiger partial charge in [-0.05, 0) is 35.8 Å². The Morgan fingerprint density at radius 1 is 1.20 bits per heavy atom. The molecule has 0 fully saturated rings. The quantitative estimate of drug-likeness (QED) is 0.634. The van der Waals surface area contributed by atoms with Gasteiger partial charge in [0, 0.05) is 23.2 Å². The van der Waals surface area contributed by atoms with Gasteiger partial charge in [0.25, 0.3) is 5.91 Å². The van der Waals surface area contributed by atoms with Crippen molar-refractivity contribution in [2.24, 2.45) is 11.5 Å². The SMILES string of the molecule is NC(=O)Nc1sc(-c2ccccc2OCCN2C=C3CC=CC=C3C2)cc1C(N)=O. The lowest BCUT2D eigenvalue weighted by molar-refractivity contribution is 0.100. The standard InChI is InChI=1S/C22H22N4O3S/c23-20(27)17-11-19(30-21(17)25-22(24)28)16-7-3-4-8-18(16)29-10-9-26-12-14-5-1-2-6-15(14)13-26/h1-5,7-8,11,13H,6,9-10,12H2,(H2,23,27)(H3,24,25,28). The molecule has 0 unspecified atom stereocenters. The van der Waals surface area contributed by atoms with Crippen LogP contribution in [0.2, 0.25) is 0 Å². The first-order valence-electron chi connectivity index (χ1n) is 9.54. The van der Waals surface area contributed by atoms with Crippen molar-refractivity contribution in [3.05, 3.63) is 71.5 Å². The molecule has 2 heterocycles. The summed E-state index contributed by atoms with van der Waals surface area (Å²) in [5.74, 6) is 0.0672. The van der Waals surface area contributed by atoms with Gasteiger partial charge in [-0.15, -0.1) is 11.3 Å². The van der Waals surface area contributed by atoms with E-state index < -0.39 is 11.9 Å². The van der Waals surface area contributed by atoms with Crippen LogP contribution in [0.5, 0.6) is 5.75 Å². The van der Waals surface area contributed by atoms with E-state index in [2.05, 4.69) is 34.6 Å². The number of allylic oxidation sites excluding steroid dienone is 3. The third-order valence-corrected chi connectivity index (χ3v) is 6.00. The number of nitrogens with zero attached hydrogens (tertiary/aromatic N) is 1. The van der Waals surface area contributed by atoms with Gasteiger partial charge in [0.05, 0.1) is 12.1 Å². The highest BCUT2D eigenvalue weighted by Gasteiger charge is 2.20. The van der Waals surface area contributed by atoms with Gasteiger partial charge >= 0.3 is 6.03 Å². The monoisotopic (exact) mass is 422 g/mol. The van der Waals surface area contributed by atoms with Crippen molar-refractivity contribution >= 4 is 28.3 Å². The van der Waals surface area contributed by atoms with E-state index in [-0.39, 0.29) is 5.56 Å². The number of primary amides is 2. The minimum atomic E-state index is -0.749. The molecule has 0 bridgehead atoms. The zero-order chi connectivity index (χ0) is 21.1. The van der Waals surface area contributed by atoms with Crippen LogP contribution in [0.1, 0.15) is 16.8 Å². The van der Waals surface area contributed by atoms with Crippen molar-refractivity contribution < 1.29 is 14.3 Å². The van der Waals surface area contributed by atoms with Crippen LogP contribution >= 0.6 is 11.3 Å². The van der Waals surface area contributed by atoms with Gasteiger partial charge in [-0.3, -0.25) is 10.1 Å². The molecule has 7 nitrogen and oxygen atoms in total. The molecule has 0 saturated carbocycles. The molecule has 2 aromatic rings. The van der Waals surface area contributed by atoms with Crippen molar-refractivity contribution in [2.75, 3.05) is 25.0 Å². The molecule has 0 atom stereocenters. The van der Waals surface area contributed by atoms with E-state index in [1.165, 1.54) is 22.5 Å². The van der Waals surface area contributed by atoms with Crippen LogP contribution in [-0.2, 0) is 0 Å². The molecule has 0 spiro atoms. The highest BCUT2D eigenvalue weighted by molar-refractivity contribution is 7.20. The summed E-state index contributed by atoms with van der Waals surface area (Å²) >= 11 is 1.23. The fraction of sp³-hybridized carbons (Fsp3) is 0.182. The molecule has 5 N–H and O–H groups in total. The van der Waals surface area contributed by atoms with E-state index in [1.807, 2.05) is 24.3 Å². The predicted molar refractivity (Wildman–Crippen MR) is 118 cm³/mol. The molecule has 2 aliphatic rings. The molecular weight excluding hydrogens is 400 g/mol. The second-order valence-corrected chi connectivity index (χ2v) is 8.05. The van der Waals surface area contributed by atoms with E-state index in [0.717, 1.165) is 30.0 Å². The van der Waals surface area contributed by atoms with Crippen molar-refractivity contribution in [3.8, 4) is 16.2 Å². The van der Waals surface area contributed by atoms with Crippen LogP contribution in [0.25, 0.3) is 10.4 Å². The topological polar surface area (TPSA) is 111 Å². The molecule has 4 rings (SSSR count). The fourth-order valence-corrected chi connectivity index (χ4v) is 4.61. The number of fused-ring (bicyclic) bond motifs is 1. The summed E-state index contributed by atoms with van der Waals surface area (Å²) in [6, 6.07) is 8.48. The minimum Gasteiger partial charge on any atom is -0.491 e. The number of nitrogens with one attached hydrogen (secondary N) is 1. The Morgan fingerprint density at radius 2 is 2.03 bits per heavy atom. The predicted octanol–water partition coefficient (Wildman–Crippen LogP) is 3.47. The van der Waals surface area contributed by atoms with E-state index in [0.29, 0.717) is 17.4 Å². The smallest absolute Gasteiger partial charge is 0.317 e. The number of para-hydroxylation sites is 1. The van der Waals surface area contributed by atoms with Gasteiger partial charge in [-0.1, -0.05) is 30.4 Å². The van der Waals surface area contributed by atoms with E-state index in [4.69, 9.17) is 16.2 Å². The first-order valence-corrected chi connectivity index (χ1v) is 10.4. The van der Waals surface area contributed by atoms with Crippen LogP contribution in [-0.4, -0.2) is 36.5 Å². The van der Waals surface area contributed by atoms with Gasteiger partial charge < -0.3 is 21.1 Å². The molecule has 1 aromatic carbocycles. The number of ether oxygens (including phenoxy) is 1. The number of nitrogens with two attached hydrogens (primary N) is 2. The zero-order valence-electron chi connectivity index (χ0n) is 16.3. The molecule has 0 radical (unpaired) electrons. The Kier molecular flexibility index (Phi) is 5.58. The number of rotatable bonds is 7. The number of amides is 3. The van der Waals surface area contributed by atoms with Crippen molar-refractivity contribution in [3.63, 3.8) is 0 Å². The second-order valence-electron chi connectivity index (χ2n) is 7.00. The normalized spacial score (nSPS) is 14.7. The molecular formula is C22H22N4O3S. The average molecular weight is 423 g/mol. The Bertz CT molecular complexity index is 1080. The molecule has 30 heavy (non-hydrogen) atoms. The largest absolute Gasteiger partial charge is 0.491 e. The van der Waals surface area contributed by atoms with Crippen molar-refractivity contribution in [1.82, 2.24) is 4.90 Å². The Balaban J connectivity index is 1.47. The zero-order valence-corrected chi connectivity index (χ0v) is 17.1. The number of hydrogen-bond acceptors (Lipinski definition) is 5. The lowest BCUT2D eigenvalue weighted by Crippen LogP contribution is -2.22. The highest BCUT2D eigenvalue weighted by Crippen LogP contribution is 2.39. The number of benzene rings is 1. The van der Waals surface area contributed by atoms with Crippen LogP contribution in [0.4, 0.5) is 9.80 Å². The van der Waals surface area contributed by atoms with Crippen molar-refractivity contribution in [1.29, 1.82) is 0 Å². The summed E-state index contributed by atoms with van der Waals surface area (Å²) in [5, 5.41) is 2.79. The number of hydrogen-bond donors (Lipinski definition) is 3. The number of carbonyl (C=O) groups is 2. The molecule has 154 valence electrons. The van der Waals surface area contributed by atoms with Gasteiger partial charge in [-0.25, -0.2) is 4.79 Å². The average Bonchev–Trinajstić information content (AvgIpc) is 3.31. The fourth-order valence-electron chi connectivity index (χ4n) is 3.52.